The fraction of sp³-hybridized carbons (Fsp3) is 0.429. The van der Waals surface area contributed by atoms with Crippen LogP contribution in [-0.2, 0) is 0 Å². The maximum absolute atomic E-state index is 8.25. The molecule has 9 heavy (non-hydrogen) atoms. The predicted molar refractivity (Wildman–Crippen MR) is 34.1 cm³/mol. The minimum atomic E-state index is -0.456. The predicted octanol–water partition coefficient (Wildman–Crippen LogP) is 1.62. The fourth-order valence-electron chi connectivity index (χ4n) is 0.442. The van der Waals surface area contributed by atoms with Crippen LogP contribution in [0.4, 0.5) is 0 Å². The zero-order valence-corrected chi connectivity index (χ0v) is 5.17. The first-order chi connectivity index (χ1) is 4.35. The van der Waals surface area contributed by atoms with Crippen molar-refractivity contribution in [3.63, 3.8) is 0 Å². The van der Waals surface area contributed by atoms with E-state index < -0.39 is 5.92 Å². The molecule has 0 spiro atoms. The summed E-state index contributed by atoms with van der Waals surface area (Å²) in [6.07, 6.45) is 3.06. The van der Waals surface area contributed by atoms with Gasteiger partial charge < -0.3 is 0 Å². The maximum Gasteiger partial charge on any atom is 0.133 e. The molecule has 0 aliphatic carbocycles. The number of nitrogens with zero attached hydrogens (tertiary/aromatic N) is 2. The molecular weight excluding hydrogens is 112 g/mol. The van der Waals surface area contributed by atoms with Crippen molar-refractivity contribution < 1.29 is 0 Å². The van der Waals surface area contributed by atoms with Gasteiger partial charge in [0.25, 0.3) is 0 Å². The first-order valence-electron chi connectivity index (χ1n) is 2.75. The topological polar surface area (TPSA) is 47.6 Å². The number of allylic oxidation sites excluding steroid dienone is 1. The largest absolute Gasteiger partial charge is 0.197 e. The van der Waals surface area contributed by atoms with E-state index in [-0.39, 0.29) is 0 Å². The molecule has 0 heterocycles. The SMILES string of the molecule is C=CCCC(C#N)C#N. The molecule has 0 saturated carbocycles. The lowest BCUT2D eigenvalue weighted by Gasteiger charge is -1.91. The van der Waals surface area contributed by atoms with Crippen molar-refractivity contribution in [2.75, 3.05) is 0 Å². The molecule has 46 valence electrons. The van der Waals surface area contributed by atoms with E-state index in [0.29, 0.717) is 6.42 Å². The number of hydrogen-bond acceptors (Lipinski definition) is 2. The van der Waals surface area contributed by atoms with Crippen molar-refractivity contribution in [1.29, 1.82) is 10.5 Å². The third-order valence-corrected chi connectivity index (χ3v) is 0.971. The second-order valence-corrected chi connectivity index (χ2v) is 1.68. The van der Waals surface area contributed by atoms with Crippen molar-refractivity contribution in [3.8, 4) is 12.1 Å². The molecule has 0 bridgehead atoms. The Hall–Kier alpha value is -1.28. The average molecular weight is 120 g/mol. The Balaban J connectivity index is 3.50. The summed E-state index contributed by atoms with van der Waals surface area (Å²) in [6, 6.07) is 3.76. The van der Waals surface area contributed by atoms with Gasteiger partial charge in [-0.3, -0.25) is 0 Å². The van der Waals surface area contributed by atoms with Gasteiger partial charge in [0.2, 0.25) is 0 Å². The molecule has 0 rings (SSSR count). The molecule has 0 amide bonds. The van der Waals surface area contributed by atoms with E-state index in [1.165, 1.54) is 0 Å². The van der Waals surface area contributed by atoms with Crippen LogP contribution in [0, 0.1) is 28.6 Å². The summed E-state index contributed by atoms with van der Waals surface area (Å²) in [5.74, 6) is -0.456. The van der Waals surface area contributed by atoms with E-state index in [0.717, 1.165) is 6.42 Å². The zero-order valence-electron chi connectivity index (χ0n) is 5.17. The summed E-state index contributed by atoms with van der Waals surface area (Å²) < 4.78 is 0. The van der Waals surface area contributed by atoms with Crippen molar-refractivity contribution >= 4 is 0 Å². The molecule has 2 nitrogen and oxygen atoms in total. The van der Waals surface area contributed by atoms with Crippen molar-refractivity contribution in [2.45, 2.75) is 12.8 Å². The van der Waals surface area contributed by atoms with E-state index in [1.807, 2.05) is 12.1 Å². The molecule has 0 aromatic carbocycles. The summed E-state index contributed by atoms with van der Waals surface area (Å²) >= 11 is 0. The highest BCUT2D eigenvalue weighted by molar-refractivity contribution is 4.99. The third-order valence-electron chi connectivity index (χ3n) is 0.971. The molecule has 0 aromatic rings. The van der Waals surface area contributed by atoms with Crippen LogP contribution in [0.25, 0.3) is 0 Å². The van der Waals surface area contributed by atoms with Crippen LogP contribution < -0.4 is 0 Å². The van der Waals surface area contributed by atoms with Gasteiger partial charge in [-0.1, -0.05) is 6.08 Å². The molecule has 0 saturated heterocycles. The van der Waals surface area contributed by atoms with Gasteiger partial charge in [-0.25, -0.2) is 0 Å². The Morgan fingerprint density at radius 3 is 2.33 bits per heavy atom. The summed E-state index contributed by atoms with van der Waals surface area (Å²) in [7, 11) is 0. The zero-order chi connectivity index (χ0) is 7.11. The van der Waals surface area contributed by atoms with Crippen LogP contribution in [0.3, 0.4) is 0 Å². The average Bonchev–Trinajstić information content (AvgIpc) is 1.91. The first-order valence-corrected chi connectivity index (χ1v) is 2.75. The summed E-state index contributed by atoms with van der Waals surface area (Å²) in [4.78, 5) is 0. The standard InChI is InChI=1S/C7H8N2/c1-2-3-4-7(5-8)6-9/h2,7H,1,3-4H2. The second-order valence-electron chi connectivity index (χ2n) is 1.68. The van der Waals surface area contributed by atoms with E-state index in [4.69, 9.17) is 10.5 Å². The van der Waals surface area contributed by atoms with Gasteiger partial charge >= 0.3 is 0 Å². The van der Waals surface area contributed by atoms with E-state index in [2.05, 4.69) is 6.58 Å². The Morgan fingerprint density at radius 2 is 2.00 bits per heavy atom. The van der Waals surface area contributed by atoms with Crippen LogP contribution in [0.2, 0.25) is 0 Å². The van der Waals surface area contributed by atoms with Gasteiger partial charge in [0.1, 0.15) is 5.92 Å². The smallest absolute Gasteiger partial charge is 0.133 e. The molecule has 0 aliphatic rings. The molecule has 2 heteroatoms. The van der Waals surface area contributed by atoms with Gasteiger partial charge in [-0.2, -0.15) is 10.5 Å². The third kappa shape index (κ3) is 3.32. The highest BCUT2D eigenvalue weighted by Gasteiger charge is 2.01. The monoisotopic (exact) mass is 120 g/mol. The molecule has 0 atom stereocenters. The summed E-state index contributed by atoms with van der Waals surface area (Å²) in [6.45, 7) is 3.48. The van der Waals surface area contributed by atoms with Crippen LogP contribution >= 0.6 is 0 Å². The maximum atomic E-state index is 8.25. The molecule has 0 fully saturated rings. The van der Waals surface area contributed by atoms with E-state index in [9.17, 15) is 0 Å². The number of hydrogen-bond donors (Lipinski definition) is 0. The molecule has 0 radical (unpaired) electrons. The molecule has 0 N–H and O–H groups in total. The lowest BCUT2D eigenvalue weighted by molar-refractivity contribution is 0.747. The van der Waals surface area contributed by atoms with Crippen LogP contribution in [0.15, 0.2) is 12.7 Å². The molecule has 0 aromatic heterocycles. The van der Waals surface area contributed by atoms with Crippen molar-refractivity contribution in [3.05, 3.63) is 12.7 Å². The Labute approximate surface area is 55.0 Å². The highest BCUT2D eigenvalue weighted by atomic mass is 14.3. The number of rotatable bonds is 3. The van der Waals surface area contributed by atoms with Crippen LogP contribution in [-0.4, -0.2) is 0 Å². The van der Waals surface area contributed by atoms with Crippen LogP contribution in [0.1, 0.15) is 12.8 Å². The van der Waals surface area contributed by atoms with Gasteiger partial charge in [0.05, 0.1) is 12.1 Å². The summed E-state index contributed by atoms with van der Waals surface area (Å²) in [5, 5.41) is 16.5. The molecule has 0 unspecified atom stereocenters. The van der Waals surface area contributed by atoms with Gasteiger partial charge in [-0.15, -0.1) is 6.58 Å². The summed E-state index contributed by atoms with van der Waals surface area (Å²) in [5.41, 5.74) is 0. The Bertz CT molecular complexity index is 145. The Kier molecular flexibility index (Phi) is 4.18. The van der Waals surface area contributed by atoms with E-state index >= 15 is 0 Å². The van der Waals surface area contributed by atoms with E-state index in [1.54, 1.807) is 6.08 Å². The van der Waals surface area contributed by atoms with Gasteiger partial charge in [0.15, 0.2) is 0 Å². The Morgan fingerprint density at radius 1 is 1.44 bits per heavy atom. The quantitative estimate of drug-likeness (QED) is 0.531. The van der Waals surface area contributed by atoms with Gasteiger partial charge in [-0.05, 0) is 12.8 Å². The lowest BCUT2D eigenvalue weighted by atomic mass is 10.1. The minimum absolute atomic E-state index is 0.456. The normalized spacial score (nSPS) is 7.89. The molecule has 0 aliphatic heterocycles. The lowest BCUT2D eigenvalue weighted by Crippen LogP contribution is -1.89. The highest BCUT2D eigenvalue weighted by Crippen LogP contribution is 2.02. The van der Waals surface area contributed by atoms with Crippen molar-refractivity contribution in [2.24, 2.45) is 5.92 Å². The van der Waals surface area contributed by atoms with Crippen molar-refractivity contribution in [1.82, 2.24) is 0 Å². The minimum Gasteiger partial charge on any atom is -0.197 e. The van der Waals surface area contributed by atoms with Crippen LogP contribution in [0.5, 0.6) is 0 Å². The molecular formula is C7H8N2. The fourth-order valence-corrected chi connectivity index (χ4v) is 0.442. The first kappa shape index (κ1) is 7.72. The van der Waals surface area contributed by atoms with Gasteiger partial charge in [0, 0.05) is 0 Å². The number of nitriles is 2. The second kappa shape index (κ2) is 4.87.